The molecule has 1 fully saturated rings. The highest BCUT2D eigenvalue weighted by molar-refractivity contribution is 14.0. The van der Waals surface area contributed by atoms with Gasteiger partial charge in [0.05, 0.1) is 6.54 Å². The summed E-state index contributed by atoms with van der Waals surface area (Å²) in [6.07, 6.45) is 2.09. The van der Waals surface area contributed by atoms with Crippen LogP contribution in [-0.2, 0) is 6.54 Å². The molecule has 2 atom stereocenters. The molecule has 6 nitrogen and oxygen atoms in total. The Morgan fingerprint density at radius 3 is 2.43 bits per heavy atom. The molecule has 0 saturated carbocycles. The van der Waals surface area contributed by atoms with Crippen LogP contribution in [0.2, 0.25) is 0 Å². The van der Waals surface area contributed by atoms with Gasteiger partial charge in [0.2, 0.25) is 0 Å². The van der Waals surface area contributed by atoms with Crippen molar-refractivity contribution in [3.05, 3.63) is 35.4 Å². The molecule has 2 rings (SSSR count). The van der Waals surface area contributed by atoms with Crippen molar-refractivity contribution in [2.24, 2.45) is 10.9 Å². The van der Waals surface area contributed by atoms with E-state index in [9.17, 15) is 4.79 Å². The van der Waals surface area contributed by atoms with Gasteiger partial charge < -0.3 is 16.0 Å². The Morgan fingerprint density at radius 2 is 1.87 bits per heavy atom. The number of likely N-dealkylation sites (tertiary alicyclic amines) is 1. The van der Waals surface area contributed by atoms with Crippen molar-refractivity contribution in [1.82, 2.24) is 20.9 Å². The number of amides is 1. The predicted molar refractivity (Wildman–Crippen MR) is 137 cm³/mol. The van der Waals surface area contributed by atoms with Gasteiger partial charge in [-0.2, -0.15) is 0 Å². The summed E-state index contributed by atoms with van der Waals surface area (Å²) in [5.74, 6) is 1.44. The van der Waals surface area contributed by atoms with Gasteiger partial charge in [-0.3, -0.25) is 9.69 Å². The molecule has 7 heteroatoms. The van der Waals surface area contributed by atoms with Crippen LogP contribution in [0.4, 0.5) is 0 Å². The number of benzene rings is 1. The Balaban J connectivity index is 0.00000450. The van der Waals surface area contributed by atoms with Gasteiger partial charge in [-0.15, -0.1) is 24.0 Å². The molecular weight excluding hydrogens is 489 g/mol. The average Bonchev–Trinajstić information content (AvgIpc) is 3.07. The summed E-state index contributed by atoms with van der Waals surface area (Å²) in [5.41, 5.74) is 1.79. The van der Waals surface area contributed by atoms with Crippen LogP contribution < -0.4 is 16.0 Å². The topological polar surface area (TPSA) is 68.8 Å². The zero-order valence-corrected chi connectivity index (χ0v) is 21.5. The van der Waals surface area contributed by atoms with Crippen molar-refractivity contribution in [1.29, 1.82) is 0 Å². The van der Waals surface area contributed by atoms with Crippen molar-refractivity contribution in [3.63, 3.8) is 0 Å². The molecule has 1 saturated heterocycles. The highest BCUT2D eigenvalue weighted by atomic mass is 127. The minimum Gasteiger partial charge on any atom is -0.357 e. The number of carbonyl (C=O) groups is 1. The molecular formula is C23H40IN5O. The van der Waals surface area contributed by atoms with Gasteiger partial charge in [-0.1, -0.05) is 32.4 Å². The van der Waals surface area contributed by atoms with E-state index in [1.807, 2.05) is 24.3 Å². The Hall–Kier alpha value is -1.35. The third kappa shape index (κ3) is 8.41. The van der Waals surface area contributed by atoms with E-state index in [4.69, 9.17) is 4.99 Å². The second-order valence-electron chi connectivity index (χ2n) is 8.28. The van der Waals surface area contributed by atoms with E-state index in [0.717, 1.165) is 50.5 Å². The number of guanidine groups is 1. The molecule has 1 amide bonds. The van der Waals surface area contributed by atoms with E-state index in [1.165, 1.54) is 0 Å². The van der Waals surface area contributed by atoms with Gasteiger partial charge in [0.15, 0.2) is 5.96 Å². The molecule has 1 aromatic carbocycles. The Labute approximate surface area is 199 Å². The molecule has 0 bridgehead atoms. The van der Waals surface area contributed by atoms with Gasteiger partial charge in [0.25, 0.3) is 5.91 Å². The van der Waals surface area contributed by atoms with Gasteiger partial charge in [-0.05, 0) is 50.8 Å². The lowest BCUT2D eigenvalue weighted by molar-refractivity contribution is 0.0953. The van der Waals surface area contributed by atoms with Crippen LogP contribution in [0.3, 0.4) is 0 Å². The largest absolute Gasteiger partial charge is 0.357 e. The van der Waals surface area contributed by atoms with Crippen LogP contribution in [0.25, 0.3) is 0 Å². The zero-order chi connectivity index (χ0) is 21.2. The normalized spacial score (nSPS) is 19.5. The fraction of sp³-hybridized carbons (Fsp3) is 0.652. The highest BCUT2D eigenvalue weighted by Gasteiger charge is 2.31. The molecule has 30 heavy (non-hydrogen) atoms. The van der Waals surface area contributed by atoms with Crippen LogP contribution in [0.5, 0.6) is 0 Å². The summed E-state index contributed by atoms with van der Waals surface area (Å²) in [5, 5.41) is 9.92. The third-order valence-electron chi connectivity index (χ3n) is 5.49. The fourth-order valence-corrected chi connectivity index (χ4v) is 3.52. The zero-order valence-electron chi connectivity index (χ0n) is 19.2. The molecule has 1 aliphatic heterocycles. The van der Waals surface area contributed by atoms with Gasteiger partial charge in [-0.25, -0.2) is 4.99 Å². The first kappa shape index (κ1) is 26.7. The van der Waals surface area contributed by atoms with Gasteiger partial charge >= 0.3 is 0 Å². The van der Waals surface area contributed by atoms with E-state index >= 15 is 0 Å². The maximum atomic E-state index is 12.1. The number of carbonyl (C=O) groups excluding carboxylic acids is 1. The van der Waals surface area contributed by atoms with Crippen LogP contribution in [-0.4, -0.2) is 55.0 Å². The first-order valence-corrected chi connectivity index (χ1v) is 11.1. The molecule has 170 valence electrons. The maximum Gasteiger partial charge on any atom is 0.251 e. The van der Waals surface area contributed by atoms with E-state index in [-0.39, 0.29) is 29.9 Å². The minimum absolute atomic E-state index is 0. The van der Waals surface area contributed by atoms with Crippen LogP contribution in [0, 0.1) is 5.92 Å². The first-order valence-electron chi connectivity index (χ1n) is 11.1. The van der Waals surface area contributed by atoms with Crippen molar-refractivity contribution >= 4 is 35.8 Å². The Bertz CT molecular complexity index is 662. The second kappa shape index (κ2) is 13.9. The molecule has 0 radical (unpaired) electrons. The second-order valence-corrected chi connectivity index (χ2v) is 8.28. The number of rotatable bonds is 9. The first-order chi connectivity index (χ1) is 13.9. The lowest BCUT2D eigenvalue weighted by atomic mass is 10.1. The summed E-state index contributed by atoms with van der Waals surface area (Å²) in [7, 11) is 0. The predicted octanol–water partition coefficient (Wildman–Crippen LogP) is 3.62. The van der Waals surface area contributed by atoms with E-state index in [1.54, 1.807) is 0 Å². The molecule has 1 aromatic rings. The number of halogens is 1. The number of nitrogens with one attached hydrogen (secondary N) is 3. The molecule has 2 unspecified atom stereocenters. The maximum absolute atomic E-state index is 12.1. The lowest BCUT2D eigenvalue weighted by Gasteiger charge is -2.22. The van der Waals surface area contributed by atoms with Crippen LogP contribution >= 0.6 is 24.0 Å². The molecule has 0 spiro atoms. The van der Waals surface area contributed by atoms with Gasteiger partial charge in [0, 0.05) is 43.8 Å². The van der Waals surface area contributed by atoms with Crippen LogP contribution in [0.15, 0.2) is 29.3 Å². The SMILES string of the molecule is CCCCNC(=O)c1ccc(CN=C(NCC)NC2CN(C(C)C)CC2C)cc1.I. The van der Waals surface area contributed by atoms with Crippen molar-refractivity contribution in [2.45, 2.75) is 66.1 Å². The third-order valence-corrected chi connectivity index (χ3v) is 5.49. The summed E-state index contributed by atoms with van der Waals surface area (Å²) in [6.45, 7) is 15.3. The standard InChI is InChI=1S/C23H39N5O.HI/c1-6-8-13-25-22(29)20-11-9-19(10-12-20)14-26-23(24-7-2)27-21-16-28(17(3)4)15-18(21)5;/h9-12,17-18,21H,6-8,13-16H2,1-5H3,(H,25,29)(H2,24,26,27);1H. The number of nitrogens with zero attached hydrogens (tertiary/aromatic N) is 2. The Morgan fingerprint density at radius 1 is 1.17 bits per heavy atom. The van der Waals surface area contributed by atoms with Gasteiger partial charge in [0.1, 0.15) is 0 Å². The molecule has 1 heterocycles. The number of aliphatic imine (C=N–C) groups is 1. The monoisotopic (exact) mass is 529 g/mol. The van der Waals surface area contributed by atoms with Crippen molar-refractivity contribution in [3.8, 4) is 0 Å². The molecule has 0 aliphatic carbocycles. The number of hydrogen-bond acceptors (Lipinski definition) is 3. The van der Waals surface area contributed by atoms with E-state index in [2.05, 4.69) is 55.5 Å². The molecule has 3 N–H and O–H groups in total. The van der Waals surface area contributed by atoms with Crippen molar-refractivity contribution in [2.75, 3.05) is 26.2 Å². The summed E-state index contributed by atoms with van der Waals surface area (Å²) < 4.78 is 0. The van der Waals surface area contributed by atoms with Crippen LogP contribution in [0.1, 0.15) is 63.4 Å². The van der Waals surface area contributed by atoms with Crippen molar-refractivity contribution < 1.29 is 4.79 Å². The smallest absolute Gasteiger partial charge is 0.251 e. The average molecular weight is 530 g/mol. The number of hydrogen-bond donors (Lipinski definition) is 3. The quantitative estimate of drug-likeness (QED) is 0.198. The Kier molecular flexibility index (Phi) is 12.3. The lowest BCUT2D eigenvalue weighted by Crippen LogP contribution is -2.46. The minimum atomic E-state index is -0.00608. The fourth-order valence-electron chi connectivity index (χ4n) is 3.52. The summed E-state index contributed by atoms with van der Waals surface area (Å²) in [6, 6.07) is 8.71. The molecule has 0 aromatic heterocycles. The highest BCUT2D eigenvalue weighted by Crippen LogP contribution is 2.18. The number of unbranched alkanes of at least 4 members (excludes halogenated alkanes) is 1. The van der Waals surface area contributed by atoms with E-state index in [0.29, 0.717) is 30.1 Å². The summed E-state index contributed by atoms with van der Waals surface area (Å²) in [4.78, 5) is 19.4. The molecule has 1 aliphatic rings. The summed E-state index contributed by atoms with van der Waals surface area (Å²) >= 11 is 0. The van der Waals surface area contributed by atoms with E-state index < -0.39 is 0 Å².